The zero-order valence-corrected chi connectivity index (χ0v) is 18.7. The lowest BCUT2D eigenvalue weighted by molar-refractivity contribution is -0.0743. The van der Waals surface area contributed by atoms with Crippen LogP contribution in [0.15, 0.2) is 48.5 Å². The number of rotatable bonds is 6. The molecular weight excluding hydrogens is 411 g/mol. The summed E-state index contributed by atoms with van der Waals surface area (Å²) in [4.78, 5) is 4.26. The van der Waals surface area contributed by atoms with Crippen molar-refractivity contribution in [2.45, 2.75) is 31.0 Å². The van der Waals surface area contributed by atoms with Gasteiger partial charge in [-0.15, -0.1) is 0 Å². The minimum Gasteiger partial charge on any atom is -0.490 e. The molecule has 0 saturated carbocycles. The van der Waals surface area contributed by atoms with Gasteiger partial charge < -0.3 is 24.6 Å². The van der Waals surface area contributed by atoms with Gasteiger partial charge in [-0.2, -0.15) is 0 Å². The Morgan fingerprint density at radius 3 is 2.44 bits per heavy atom. The standard InChI is InChI=1S/C25H33FN2O4/c1-20-4-2-3-5-23(20)32-19-25(30)17-27(14-15-31-18-25)16-24(29)10-12-28(13-11-24)22-8-6-21(26)7-9-22/h2-9,29-30H,10-19H2,1H3/t25-/m0/s1. The number of aryl methyl sites for hydroxylation is 1. The van der Waals surface area contributed by atoms with Crippen LogP contribution in [-0.2, 0) is 4.74 Å². The summed E-state index contributed by atoms with van der Waals surface area (Å²) in [6.45, 7) is 5.71. The summed E-state index contributed by atoms with van der Waals surface area (Å²) in [6, 6.07) is 14.2. The van der Waals surface area contributed by atoms with Gasteiger partial charge >= 0.3 is 0 Å². The molecule has 0 spiro atoms. The second kappa shape index (κ2) is 9.75. The van der Waals surface area contributed by atoms with Crippen molar-refractivity contribution < 1.29 is 24.1 Å². The van der Waals surface area contributed by atoms with Crippen LogP contribution in [0.3, 0.4) is 0 Å². The Morgan fingerprint density at radius 1 is 1.00 bits per heavy atom. The maximum atomic E-state index is 13.2. The number of anilines is 1. The highest BCUT2D eigenvalue weighted by molar-refractivity contribution is 5.46. The van der Waals surface area contributed by atoms with E-state index < -0.39 is 11.2 Å². The topological polar surface area (TPSA) is 65.4 Å². The van der Waals surface area contributed by atoms with Crippen molar-refractivity contribution in [1.29, 1.82) is 0 Å². The zero-order chi connectivity index (χ0) is 22.6. The van der Waals surface area contributed by atoms with Crippen LogP contribution in [0.1, 0.15) is 18.4 Å². The molecule has 174 valence electrons. The van der Waals surface area contributed by atoms with Crippen LogP contribution in [0.5, 0.6) is 5.75 Å². The first-order valence-electron chi connectivity index (χ1n) is 11.3. The summed E-state index contributed by atoms with van der Waals surface area (Å²) in [5, 5.41) is 22.4. The molecule has 2 aromatic rings. The third-order valence-electron chi connectivity index (χ3n) is 6.43. The maximum absolute atomic E-state index is 13.2. The summed E-state index contributed by atoms with van der Waals surface area (Å²) in [6.07, 6.45) is 1.22. The Balaban J connectivity index is 1.33. The molecular formula is C25H33FN2O4. The van der Waals surface area contributed by atoms with Crippen molar-refractivity contribution in [3.05, 3.63) is 59.9 Å². The van der Waals surface area contributed by atoms with Gasteiger partial charge in [0.1, 0.15) is 23.8 Å². The third-order valence-corrected chi connectivity index (χ3v) is 6.43. The number of halogens is 1. The van der Waals surface area contributed by atoms with E-state index in [9.17, 15) is 14.6 Å². The minimum absolute atomic E-state index is 0.130. The van der Waals surface area contributed by atoms with Crippen molar-refractivity contribution in [3.63, 3.8) is 0 Å². The normalized spacial score (nSPS) is 24.2. The van der Waals surface area contributed by atoms with Gasteiger partial charge in [0.15, 0.2) is 0 Å². The lowest BCUT2D eigenvalue weighted by Crippen LogP contribution is -2.55. The van der Waals surface area contributed by atoms with E-state index in [0.717, 1.165) is 17.0 Å². The average Bonchev–Trinajstić information content (AvgIpc) is 2.95. The predicted octanol–water partition coefficient (Wildman–Crippen LogP) is 2.61. The molecule has 0 amide bonds. The molecule has 2 aliphatic rings. The molecule has 6 nitrogen and oxygen atoms in total. The molecule has 7 heteroatoms. The van der Waals surface area contributed by atoms with Gasteiger partial charge in [-0.05, 0) is 55.7 Å². The van der Waals surface area contributed by atoms with Crippen LogP contribution in [0, 0.1) is 12.7 Å². The highest BCUT2D eigenvalue weighted by Gasteiger charge is 2.39. The number of nitrogens with zero attached hydrogens (tertiary/aromatic N) is 2. The molecule has 2 saturated heterocycles. The Morgan fingerprint density at radius 2 is 1.72 bits per heavy atom. The van der Waals surface area contributed by atoms with Crippen LogP contribution >= 0.6 is 0 Å². The minimum atomic E-state index is -1.15. The molecule has 4 rings (SSSR count). The number of benzene rings is 2. The number of hydrogen-bond acceptors (Lipinski definition) is 6. The quantitative estimate of drug-likeness (QED) is 0.714. The number of hydrogen-bond donors (Lipinski definition) is 2. The first-order valence-corrected chi connectivity index (χ1v) is 11.3. The molecule has 2 aromatic carbocycles. The number of aliphatic hydroxyl groups is 2. The van der Waals surface area contributed by atoms with Gasteiger partial charge in [0.2, 0.25) is 0 Å². The van der Waals surface area contributed by atoms with E-state index in [4.69, 9.17) is 9.47 Å². The zero-order valence-electron chi connectivity index (χ0n) is 18.7. The molecule has 0 bridgehead atoms. The molecule has 2 N–H and O–H groups in total. The first kappa shape index (κ1) is 23.0. The molecule has 1 atom stereocenters. The summed E-state index contributed by atoms with van der Waals surface area (Å²) in [7, 11) is 0. The largest absolute Gasteiger partial charge is 0.490 e. The molecule has 32 heavy (non-hydrogen) atoms. The predicted molar refractivity (Wildman–Crippen MR) is 122 cm³/mol. The Labute approximate surface area is 189 Å². The van der Waals surface area contributed by atoms with E-state index in [1.165, 1.54) is 12.1 Å². The van der Waals surface area contributed by atoms with Gasteiger partial charge in [0.25, 0.3) is 0 Å². The molecule has 0 unspecified atom stereocenters. The van der Waals surface area contributed by atoms with Crippen LogP contribution < -0.4 is 9.64 Å². The number of piperidine rings is 1. The van der Waals surface area contributed by atoms with Gasteiger partial charge in [0, 0.05) is 38.4 Å². The Bertz CT molecular complexity index is 886. The maximum Gasteiger partial charge on any atom is 0.134 e. The van der Waals surface area contributed by atoms with Crippen LogP contribution in [0.2, 0.25) is 0 Å². The van der Waals surface area contributed by atoms with Gasteiger partial charge in [-0.25, -0.2) is 4.39 Å². The number of para-hydroxylation sites is 1. The van der Waals surface area contributed by atoms with Gasteiger partial charge in [-0.3, -0.25) is 4.90 Å². The highest BCUT2D eigenvalue weighted by Crippen LogP contribution is 2.28. The summed E-state index contributed by atoms with van der Waals surface area (Å²) in [5.74, 6) is 0.507. The lowest BCUT2D eigenvalue weighted by atomic mass is 9.90. The van der Waals surface area contributed by atoms with E-state index in [1.807, 2.05) is 31.2 Å². The van der Waals surface area contributed by atoms with Crippen molar-refractivity contribution in [2.24, 2.45) is 0 Å². The fraction of sp³-hybridized carbons (Fsp3) is 0.520. The average molecular weight is 445 g/mol. The molecule has 2 fully saturated rings. The number of ether oxygens (including phenoxy) is 2. The smallest absolute Gasteiger partial charge is 0.134 e. The fourth-order valence-electron chi connectivity index (χ4n) is 4.56. The van der Waals surface area contributed by atoms with E-state index in [-0.39, 0.29) is 19.0 Å². The van der Waals surface area contributed by atoms with Crippen molar-refractivity contribution in [1.82, 2.24) is 4.90 Å². The number of β-amino-alcohol motifs (C(OH)–C–C–N with tert-alkyl or cyclic N) is 2. The van der Waals surface area contributed by atoms with E-state index in [2.05, 4.69) is 9.80 Å². The molecule has 0 radical (unpaired) electrons. The molecule has 0 aliphatic carbocycles. The summed E-state index contributed by atoms with van der Waals surface area (Å²) < 4.78 is 24.8. The lowest BCUT2D eigenvalue weighted by Gasteiger charge is -2.42. The second-order valence-electron chi connectivity index (χ2n) is 9.23. The summed E-state index contributed by atoms with van der Waals surface area (Å²) >= 11 is 0. The van der Waals surface area contributed by atoms with Crippen molar-refractivity contribution in [3.8, 4) is 5.75 Å². The molecule has 2 aliphatic heterocycles. The fourth-order valence-corrected chi connectivity index (χ4v) is 4.56. The molecule has 0 aromatic heterocycles. The first-order chi connectivity index (χ1) is 15.3. The van der Waals surface area contributed by atoms with Crippen LogP contribution in [0.4, 0.5) is 10.1 Å². The van der Waals surface area contributed by atoms with Crippen LogP contribution in [0.25, 0.3) is 0 Å². The Hall–Kier alpha value is -2.19. The summed E-state index contributed by atoms with van der Waals surface area (Å²) in [5.41, 5.74) is 0.00636. The monoisotopic (exact) mass is 444 g/mol. The van der Waals surface area contributed by atoms with Gasteiger partial charge in [0.05, 0.1) is 18.8 Å². The SMILES string of the molecule is Cc1ccccc1OC[C@@]1(O)COCCN(CC2(O)CCN(c3ccc(F)cc3)CC2)C1. The van der Waals surface area contributed by atoms with Crippen LogP contribution in [-0.4, -0.2) is 78.9 Å². The van der Waals surface area contributed by atoms with E-state index in [1.54, 1.807) is 12.1 Å². The third kappa shape index (κ3) is 5.78. The van der Waals surface area contributed by atoms with E-state index in [0.29, 0.717) is 52.2 Å². The molecule has 2 heterocycles. The highest BCUT2D eigenvalue weighted by atomic mass is 19.1. The Kier molecular flexibility index (Phi) is 7.00. The second-order valence-corrected chi connectivity index (χ2v) is 9.23. The van der Waals surface area contributed by atoms with Gasteiger partial charge in [-0.1, -0.05) is 18.2 Å². The van der Waals surface area contributed by atoms with Crippen molar-refractivity contribution >= 4 is 5.69 Å². The van der Waals surface area contributed by atoms with E-state index >= 15 is 0 Å². The van der Waals surface area contributed by atoms with Crippen molar-refractivity contribution in [2.75, 3.05) is 57.4 Å².